The predicted octanol–water partition coefficient (Wildman–Crippen LogP) is 5.71. The second kappa shape index (κ2) is 10.9. The molecule has 0 aliphatic carbocycles. The van der Waals surface area contributed by atoms with Crippen molar-refractivity contribution in [1.82, 2.24) is 0 Å². The number of rotatable bonds is 6. The lowest BCUT2D eigenvalue weighted by molar-refractivity contribution is 0.552. The van der Waals surface area contributed by atoms with Crippen molar-refractivity contribution in [2.45, 2.75) is 59.5 Å². The fourth-order valence-electron chi connectivity index (χ4n) is 2.68. The maximum Gasteiger partial charge on any atom is 0.134 e. The zero-order chi connectivity index (χ0) is 19.9. The van der Waals surface area contributed by atoms with Crippen LogP contribution >= 0.6 is 23.2 Å². The highest BCUT2D eigenvalue weighted by atomic mass is 35.5. The number of nitrogens with one attached hydrogen (secondary N) is 2. The number of unbranched alkanes of at least 4 members (excludes halogenated alkanes) is 1. The summed E-state index contributed by atoms with van der Waals surface area (Å²) >= 11 is 12.1. The van der Waals surface area contributed by atoms with E-state index in [-0.39, 0.29) is 11.3 Å². The number of fused-ring (bicyclic) bond motifs is 1. The van der Waals surface area contributed by atoms with Crippen LogP contribution in [0.4, 0.5) is 15.8 Å². The van der Waals surface area contributed by atoms with Gasteiger partial charge in [-0.25, -0.2) is 4.39 Å². The van der Waals surface area contributed by atoms with E-state index in [1.54, 1.807) is 0 Å². The van der Waals surface area contributed by atoms with E-state index in [4.69, 9.17) is 34.7 Å². The Hall–Kier alpha value is -1.17. The molecule has 2 rings (SSSR count). The molecule has 0 radical (unpaired) electrons. The zero-order valence-electron chi connectivity index (χ0n) is 16.1. The number of anilines is 2. The van der Waals surface area contributed by atoms with E-state index in [2.05, 4.69) is 38.3 Å². The Morgan fingerprint density at radius 2 is 1.81 bits per heavy atom. The monoisotopic (exact) mass is 404 g/mol. The van der Waals surface area contributed by atoms with Crippen LogP contribution in [0.1, 0.15) is 58.9 Å². The van der Waals surface area contributed by atoms with Crippen molar-refractivity contribution in [3.8, 4) is 0 Å². The minimum absolute atomic E-state index is 0.0104. The van der Waals surface area contributed by atoms with Crippen molar-refractivity contribution in [3.05, 3.63) is 27.6 Å². The molecule has 4 nitrogen and oxygen atoms in total. The molecule has 1 aromatic rings. The lowest BCUT2D eigenvalue weighted by Crippen LogP contribution is -2.24. The third kappa shape index (κ3) is 5.93. The predicted molar refractivity (Wildman–Crippen MR) is 113 cm³/mol. The first kappa shape index (κ1) is 22.9. The van der Waals surface area contributed by atoms with E-state index in [1.165, 1.54) is 18.9 Å². The van der Waals surface area contributed by atoms with Gasteiger partial charge in [0.1, 0.15) is 11.0 Å². The van der Waals surface area contributed by atoms with E-state index >= 15 is 0 Å². The van der Waals surface area contributed by atoms with Crippen LogP contribution in [0.15, 0.2) is 11.2 Å². The van der Waals surface area contributed by atoms with Gasteiger partial charge >= 0.3 is 0 Å². The van der Waals surface area contributed by atoms with Crippen molar-refractivity contribution < 1.29 is 4.39 Å². The third-order valence-electron chi connectivity index (χ3n) is 4.06. The zero-order valence-corrected chi connectivity index (χ0v) is 17.6. The van der Waals surface area contributed by atoms with Gasteiger partial charge in [0.2, 0.25) is 0 Å². The summed E-state index contributed by atoms with van der Waals surface area (Å²) in [7, 11) is 0. The summed E-state index contributed by atoms with van der Waals surface area (Å²) in [6.45, 7) is 8.92. The van der Waals surface area contributed by atoms with Gasteiger partial charge in [-0.2, -0.15) is 0 Å². The summed E-state index contributed by atoms with van der Waals surface area (Å²) in [5.74, 6) is 0.0128. The molecule has 0 spiro atoms. The Bertz CT molecular complexity index is 626. The molecule has 26 heavy (non-hydrogen) atoms. The standard InChI is InChI=1S/C15H21Cl2FN4.C4H10/c1-7(2)5-11-21-13-9(16)6-10(18)12(14(13)22-11)8(3-4-19)15(17)20;1-3-4-2/h6-7,11,21-22H,3-5,19-20H2,1-2H3;3-4H2,1-2H3/b15-8+;. The lowest BCUT2D eigenvalue weighted by Gasteiger charge is -2.16. The van der Waals surface area contributed by atoms with Crippen LogP contribution in [-0.2, 0) is 0 Å². The minimum Gasteiger partial charge on any atom is -0.389 e. The Morgan fingerprint density at radius 1 is 1.23 bits per heavy atom. The van der Waals surface area contributed by atoms with Crippen molar-refractivity contribution in [2.24, 2.45) is 17.4 Å². The molecule has 0 aromatic heterocycles. The van der Waals surface area contributed by atoms with Crippen LogP contribution in [0, 0.1) is 11.7 Å². The van der Waals surface area contributed by atoms with Gasteiger partial charge in [-0.05, 0) is 31.4 Å². The van der Waals surface area contributed by atoms with Gasteiger partial charge in [0.05, 0.1) is 22.6 Å². The van der Waals surface area contributed by atoms with Crippen molar-refractivity contribution in [1.29, 1.82) is 0 Å². The van der Waals surface area contributed by atoms with Gasteiger partial charge < -0.3 is 22.1 Å². The van der Waals surface area contributed by atoms with Crippen molar-refractivity contribution >= 4 is 40.1 Å². The van der Waals surface area contributed by atoms with Crippen molar-refractivity contribution in [3.63, 3.8) is 0 Å². The fourth-order valence-corrected chi connectivity index (χ4v) is 3.12. The summed E-state index contributed by atoms with van der Waals surface area (Å²) < 4.78 is 14.5. The molecule has 6 N–H and O–H groups in total. The highest BCUT2D eigenvalue weighted by Crippen LogP contribution is 2.44. The first-order valence-corrected chi connectivity index (χ1v) is 9.91. The molecule has 1 aliphatic heterocycles. The summed E-state index contributed by atoms with van der Waals surface area (Å²) in [4.78, 5) is 0. The van der Waals surface area contributed by atoms with E-state index in [9.17, 15) is 4.39 Å². The highest BCUT2D eigenvalue weighted by molar-refractivity contribution is 6.35. The average Bonchev–Trinajstić information content (AvgIpc) is 2.97. The topological polar surface area (TPSA) is 76.1 Å². The summed E-state index contributed by atoms with van der Waals surface area (Å²) in [5, 5.41) is 6.95. The number of nitrogens with two attached hydrogens (primary N) is 2. The molecule has 1 aromatic carbocycles. The van der Waals surface area contributed by atoms with Gasteiger partial charge in [-0.3, -0.25) is 0 Å². The Labute approximate surface area is 166 Å². The first-order valence-electron chi connectivity index (χ1n) is 9.16. The molecule has 1 heterocycles. The normalized spacial score (nSPS) is 16.3. The molecule has 0 fully saturated rings. The Balaban J connectivity index is 0.000000765. The molecular formula is C19H31Cl2FN4. The first-order chi connectivity index (χ1) is 12.3. The van der Waals surface area contributed by atoms with Gasteiger partial charge in [-0.15, -0.1) is 0 Å². The molecule has 1 unspecified atom stereocenters. The highest BCUT2D eigenvalue weighted by Gasteiger charge is 2.29. The summed E-state index contributed by atoms with van der Waals surface area (Å²) in [6, 6.07) is 1.28. The molecule has 148 valence electrons. The Morgan fingerprint density at radius 3 is 2.27 bits per heavy atom. The summed E-state index contributed by atoms with van der Waals surface area (Å²) in [6.07, 6.45) is 3.89. The van der Waals surface area contributed by atoms with Crippen molar-refractivity contribution in [2.75, 3.05) is 17.2 Å². The van der Waals surface area contributed by atoms with E-state index in [1.807, 2.05) is 0 Å². The average molecular weight is 405 g/mol. The van der Waals surface area contributed by atoms with E-state index in [0.29, 0.717) is 46.4 Å². The molecule has 0 bridgehead atoms. The van der Waals surface area contributed by atoms with Crippen LogP contribution in [0.5, 0.6) is 0 Å². The quantitative estimate of drug-likeness (QED) is 0.457. The molecule has 1 atom stereocenters. The number of benzene rings is 1. The maximum atomic E-state index is 14.5. The van der Waals surface area contributed by atoms with E-state index < -0.39 is 5.82 Å². The van der Waals surface area contributed by atoms with Crippen LogP contribution in [-0.4, -0.2) is 12.7 Å². The maximum absolute atomic E-state index is 14.5. The second-order valence-corrected chi connectivity index (χ2v) is 7.62. The molecular weight excluding hydrogens is 374 g/mol. The van der Waals surface area contributed by atoms with Gasteiger partial charge in [0.25, 0.3) is 0 Å². The molecule has 0 saturated heterocycles. The lowest BCUT2D eigenvalue weighted by atomic mass is 10.00. The van der Waals surface area contributed by atoms with Crippen LogP contribution in [0.2, 0.25) is 5.02 Å². The van der Waals surface area contributed by atoms with Crippen LogP contribution in [0.25, 0.3) is 5.57 Å². The smallest absolute Gasteiger partial charge is 0.134 e. The number of hydrogen-bond donors (Lipinski definition) is 4. The van der Waals surface area contributed by atoms with Gasteiger partial charge in [0.15, 0.2) is 0 Å². The van der Waals surface area contributed by atoms with Crippen LogP contribution < -0.4 is 22.1 Å². The fraction of sp³-hybridized carbons (Fsp3) is 0.579. The van der Waals surface area contributed by atoms with Gasteiger partial charge in [-0.1, -0.05) is 63.7 Å². The molecule has 1 aliphatic rings. The second-order valence-electron chi connectivity index (χ2n) is 6.80. The van der Waals surface area contributed by atoms with E-state index in [0.717, 1.165) is 6.42 Å². The number of hydrogen-bond acceptors (Lipinski definition) is 4. The minimum atomic E-state index is -0.463. The largest absolute Gasteiger partial charge is 0.389 e. The van der Waals surface area contributed by atoms with Crippen LogP contribution in [0.3, 0.4) is 0 Å². The molecule has 0 amide bonds. The molecule has 7 heteroatoms. The molecule has 0 saturated carbocycles. The SMILES string of the molecule is CC(C)CC1Nc2c(Cl)cc(F)c(/C(CCN)=C(/N)Cl)c2N1.CCCC. The van der Waals surface area contributed by atoms with Gasteiger partial charge in [0, 0.05) is 11.1 Å². The Kier molecular flexibility index (Phi) is 9.55. The number of halogens is 3. The summed E-state index contributed by atoms with van der Waals surface area (Å²) in [5.41, 5.74) is 13.4. The third-order valence-corrected chi connectivity index (χ3v) is 4.59.